The van der Waals surface area contributed by atoms with Crippen LogP contribution in [0.2, 0.25) is 0 Å². The topological polar surface area (TPSA) is 22.1 Å². The average Bonchev–Trinajstić information content (AvgIpc) is 2.17. The van der Waals surface area contributed by atoms with Gasteiger partial charge in [0.05, 0.1) is 7.11 Å². The van der Waals surface area contributed by atoms with Crippen molar-refractivity contribution in [3.05, 3.63) is 23.4 Å². The van der Waals surface area contributed by atoms with Crippen molar-refractivity contribution in [3.63, 3.8) is 0 Å². The Morgan fingerprint density at radius 2 is 2.31 bits per heavy atom. The molecule has 1 heterocycles. The number of pyridine rings is 1. The van der Waals surface area contributed by atoms with Gasteiger partial charge in [0.15, 0.2) is 0 Å². The number of aryl methyl sites for hydroxylation is 1. The molecule has 0 spiro atoms. The van der Waals surface area contributed by atoms with Gasteiger partial charge in [-0.05, 0) is 30.7 Å². The Morgan fingerprint density at radius 3 is 3.08 bits per heavy atom. The predicted octanol–water partition coefficient (Wildman–Crippen LogP) is 2.21. The highest BCUT2D eigenvalue weighted by Crippen LogP contribution is 2.25. The van der Waals surface area contributed by atoms with E-state index in [4.69, 9.17) is 4.74 Å². The standard InChI is InChI=1S/C11H15NO/c1-8-3-5-10-9(7-8)4-6-11(12-10)13-2/h4,6,8H,3,5,7H2,1-2H3/t8-/m0/s1. The molecule has 0 bridgehead atoms. The first-order chi connectivity index (χ1) is 6.29. The molecule has 0 aliphatic heterocycles. The van der Waals surface area contributed by atoms with Crippen LogP contribution in [0.5, 0.6) is 5.88 Å². The third-order valence-electron chi connectivity index (χ3n) is 2.69. The number of aromatic nitrogens is 1. The lowest BCUT2D eigenvalue weighted by Crippen LogP contribution is -2.12. The average molecular weight is 177 g/mol. The lowest BCUT2D eigenvalue weighted by Gasteiger charge is -2.20. The summed E-state index contributed by atoms with van der Waals surface area (Å²) in [5, 5.41) is 0. The molecule has 1 aliphatic rings. The Hall–Kier alpha value is -1.05. The molecule has 70 valence electrons. The zero-order valence-corrected chi connectivity index (χ0v) is 8.21. The van der Waals surface area contributed by atoms with Crippen LogP contribution < -0.4 is 4.74 Å². The van der Waals surface area contributed by atoms with Gasteiger partial charge in [-0.1, -0.05) is 13.0 Å². The van der Waals surface area contributed by atoms with Gasteiger partial charge >= 0.3 is 0 Å². The maximum atomic E-state index is 5.10. The Bertz CT molecular complexity index is 309. The SMILES string of the molecule is COc1ccc2c(n1)CC[C@H](C)C2. The summed E-state index contributed by atoms with van der Waals surface area (Å²) in [6.07, 6.45) is 3.53. The van der Waals surface area contributed by atoms with Gasteiger partial charge in [-0.2, -0.15) is 0 Å². The molecule has 1 aromatic heterocycles. The molecule has 0 fully saturated rings. The Labute approximate surface area is 78.9 Å². The summed E-state index contributed by atoms with van der Waals surface area (Å²) in [4.78, 5) is 4.44. The highest BCUT2D eigenvalue weighted by molar-refractivity contribution is 5.28. The van der Waals surface area contributed by atoms with Crippen LogP contribution in [0, 0.1) is 5.92 Å². The summed E-state index contributed by atoms with van der Waals surface area (Å²) in [5.41, 5.74) is 2.64. The molecule has 0 saturated carbocycles. The van der Waals surface area contributed by atoms with Crippen LogP contribution in [0.3, 0.4) is 0 Å². The second-order valence-electron chi connectivity index (χ2n) is 3.81. The van der Waals surface area contributed by atoms with Gasteiger partial charge in [0.2, 0.25) is 5.88 Å². The van der Waals surface area contributed by atoms with Crippen LogP contribution in [0.1, 0.15) is 24.6 Å². The molecule has 2 heteroatoms. The van der Waals surface area contributed by atoms with E-state index in [-0.39, 0.29) is 0 Å². The molecule has 0 amide bonds. The normalized spacial score (nSPS) is 20.9. The van der Waals surface area contributed by atoms with E-state index in [9.17, 15) is 0 Å². The van der Waals surface area contributed by atoms with E-state index in [1.165, 1.54) is 24.1 Å². The fourth-order valence-electron chi connectivity index (χ4n) is 1.89. The quantitative estimate of drug-likeness (QED) is 0.656. The lowest BCUT2D eigenvalue weighted by atomic mass is 9.88. The van der Waals surface area contributed by atoms with Crippen molar-refractivity contribution in [1.29, 1.82) is 0 Å². The molecule has 1 atom stereocenters. The minimum absolute atomic E-state index is 0.744. The van der Waals surface area contributed by atoms with Crippen LogP contribution in [-0.2, 0) is 12.8 Å². The van der Waals surface area contributed by atoms with Crippen LogP contribution >= 0.6 is 0 Å². The molecular weight excluding hydrogens is 162 g/mol. The van der Waals surface area contributed by atoms with Crippen LogP contribution in [0.4, 0.5) is 0 Å². The van der Waals surface area contributed by atoms with E-state index >= 15 is 0 Å². The lowest BCUT2D eigenvalue weighted by molar-refractivity contribution is 0.392. The zero-order chi connectivity index (χ0) is 9.26. The third kappa shape index (κ3) is 1.67. The fraction of sp³-hybridized carbons (Fsp3) is 0.545. The van der Waals surface area contributed by atoms with Crippen molar-refractivity contribution < 1.29 is 4.74 Å². The van der Waals surface area contributed by atoms with E-state index in [1.54, 1.807) is 7.11 Å². The molecule has 0 N–H and O–H groups in total. The predicted molar refractivity (Wildman–Crippen MR) is 52.0 cm³/mol. The van der Waals surface area contributed by atoms with Crippen LogP contribution in [-0.4, -0.2) is 12.1 Å². The number of hydrogen-bond donors (Lipinski definition) is 0. The van der Waals surface area contributed by atoms with Gasteiger partial charge < -0.3 is 4.74 Å². The van der Waals surface area contributed by atoms with Crippen molar-refractivity contribution >= 4 is 0 Å². The summed E-state index contributed by atoms with van der Waals surface area (Å²) >= 11 is 0. The van der Waals surface area contributed by atoms with Gasteiger partial charge in [0.1, 0.15) is 0 Å². The van der Waals surface area contributed by atoms with Gasteiger partial charge in [-0.25, -0.2) is 4.98 Å². The fourth-order valence-corrected chi connectivity index (χ4v) is 1.89. The Kier molecular flexibility index (Phi) is 2.21. The molecular formula is C11H15NO. The summed E-state index contributed by atoms with van der Waals surface area (Å²) in [5.74, 6) is 1.55. The number of rotatable bonds is 1. The molecule has 0 aromatic carbocycles. The number of hydrogen-bond acceptors (Lipinski definition) is 2. The number of ether oxygens (including phenoxy) is 1. The molecule has 0 radical (unpaired) electrons. The van der Waals surface area contributed by atoms with Crippen LogP contribution in [0.25, 0.3) is 0 Å². The van der Waals surface area contributed by atoms with E-state index in [0.717, 1.165) is 18.2 Å². The maximum absolute atomic E-state index is 5.10. The van der Waals surface area contributed by atoms with Crippen molar-refractivity contribution in [2.24, 2.45) is 5.92 Å². The number of methoxy groups -OCH3 is 1. The molecule has 13 heavy (non-hydrogen) atoms. The van der Waals surface area contributed by atoms with Crippen molar-refractivity contribution in [2.75, 3.05) is 7.11 Å². The van der Waals surface area contributed by atoms with Crippen molar-refractivity contribution in [3.8, 4) is 5.88 Å². The first-order valence-corrected chi connectivity index (χ1v) is 4.82. The molecule has 1 aromatic rings. The monoisotopic (exact) mass is 177 g/mol. The Balaban J connectivity index is 2.31. The van der Waals surface area contributed by atoms with E-state index in [2.05, 4.69) is 18.0 Å². The molecule has 1 aliphatic carbocycles. The summed E-state index contributed by atoms with van der Waals surface area (Å²) in [6.45, 7) is 2.30. The second-order valence-corrected chi connectivity index (χ2v) is 3.81. The van der Waals surface area contributed by atoms with Gasteiger partial charge in [0, 0.05) is 11.8 Å². The maximum Gasteiger partial charge on any atom is 0.213 e. The highest BCUT2D eigenvalue weighted by atomic mass is 16.5. The second kappa shape index (κ2) is 3.36. The smallest absolute Gasteiger partial charge is 0.213 e. The zero-order valence-electron chi connectivity index (χ0n) is 8.21. The number of nitrogens with zero attached hydrogens (tertiary/aromatic N) is 1. The molecule has 2 rings (SSSR count). The van der Waals surface area contributed by atoms with Gasteiger partial charge in [-0.3, -0.25) is 0 Å². The largest absolute Gasteiger partial charge is 0.481 e. The Morgan fingerprint density at radius 1 is 1.46 bits per heavy atom. The van der Waals surface area contributed by atoms with Crippen LogP contribution in [0.15, 0.2) is 12.1 Å². The van der Waals surface area contributed by atoms with Gasteiger partial charge in [0.25, 0.3) is 0 Å². The van der Waals surface area contributed by atoms with Crippen molar-refractivity contribution in [2.45, 2.75) is 26.2 Å². The molecule has 2 nitrogen and oxygen atoms in total. The first kappa shape index (κ1) is 8.54. The first-order valence-electron chi connectivity index (χ1n) is 4.82. The summed E-state index contributed by atoms with van der Waals surface area (Å²) < 4.78 is 5.10. The minimum atomic E-state index is 0.744. The van der Waals surface area contributed by atoms with E-state index < -0.39 is 0 Å². The van der Waals surface area contributed by atoms with Gasteiger partial charge in [-0.15, -0.1) is 0 Å². The molecule has 0 unspecified atom stereocenters. The minimum Gasteiger partial charge on any atom is -0.481 e. The third-order valence-corrected chi connectivity index (χ3v) is 2.69. The van der Waals surface area contributed by atoms with E-state index in [1.807, 2.05) is 6.07 Å². The highest BCUT2D eigenvalue weighted by Gasteiger charge is 2.16. The summed E-state index contributed by atoms with van der Waals surface area (Å²) in [6, 6.07) is 4.10. The summed E-state index contributed by atoms with van der Waals surface area (Å²) in [7, 11) is 1.67. The number of fused-ring (bicyclic) bond motifs is 1. The molecule has 0 saturated heterocycles. The van der Waals surface area contributed by atoms with Crippen molar-refractivity contribution in [1.82, 2.24) is 4.98 Å². The van der Waals surface area contributed by atoms with E-state index in [0.29, 0.717) is 0 Å².